The average Bonchev–Trinajstić information content (AvgIpc) is 2.65. The Labute approximate surface area is 127 Å². The monoisotopic (exact) mass is 337 g/mol. The van der Waals surface area contributed by atoms with E-state index in [1.807, 2.05) is 37.7 Å². The van der Waals surface area contributed by atoms with Crippen LogP contribution in [0.25, 0.3) is 0 Å². The zero-order chi connectivity index (χ0) is 14.9. The van der Waals surface area contributed by atoms with Crippen molar-refractivity contribution in [3.63, 3.8) is 0 Å². The van der Waals surface area contributed by atoms with E-state index in [4.69, 9.17) is 0 Å². The molecule has 0 saturated carbocycles. The highest BCUT2D eigenvalue weighted by atomic mass is 79.9. The van der Waals surface area contributed by atoms with Crippen molar-refractivity contribution in [2.45, 2.75) is 33.2 Å². The van der Waals surface area contributed by atoms with Crippen LogP contribution in [0.15, 0.2) is 22.7 Å². The molecular weight excluding hydrogens is 318 g/mol. The van der Waals surface area contributed by atoms with Gasteiger partial charge in [-0.25, -0.2) is 0 Å². The summed E-state index contributed by atoms with van der Waals surface area (Å²) in [4.78, 5) is 0. The Kier molecular flexibility index (Phi) is 4.38. The Hall–Kier alpha value is -1.49. The maximum Gasteiger partial charge on any atom is 0.120 e. The van der Waals surface area contributed by atoms with E-state index in [1.54, 1.807) is 6.07 Å². The molecule has 1 aromatic carbocycles. The molecule has 5 heteroatoms. The largest absolute Gasteiger partial charge is 0.508 e. The van der Waals surface area contributed by atoms with Crippen LogP contribution in [-0.4, -0.2) is 14.9 Å². The SMILES string of the molecule is CCC(Nc1c(C)nn(C)c1C)c1cc(Br)ccc1O. The van der Waals surface area contributed by atoms with Gasteiger partial charge in [0.25, 0.3) is 0 Å². The van der Waals surface area contributed by atoms with Gasteiger partial charge < -0.3 is 10.4 Å². The average molecular weight is 338 g/mol. The van der Waals surface area contributed by atoms with E-state index in [0.717, 1.165) is 33.5 Å². The first-order valence-electron chi connectivity index (χ1n) is 6.69. The minimum atomic E-state index is 0.0501. The van der Waals surface area contributed by atoms with Crippen LogP contribution in [0, 0.1) is 13.8 Å². The number of rotatable bonds is 4. The molecule has 1 unspecified atom stereocenters. The summed E-state index contributed by atoms with van der Waals surface area (Å²) in [6, 6.07) is 5.56. The molecule has 0 aliphatic heterocycles. The van der Waals surface area contributed by atoms with Gasteiger partial charge in [-0.2, -0.15) is 5.10 Å². The number of phenolic OH excluding ortho intramolecular Hbond substituents is 1. The molecule has 0 aliphatic rings. The number of aromatic nitrogens is 2. The highest BCUT2D eigenvalue weighted by molar-refractivity contribution is 9.10. The lowest BCUT2D eigenvalue weighted by molar-refractivity contribution is 0.462. The van der Waals surface area contributed by atoms with Crippen LogP contribution >= 0.6 is 15.9 Å². The molecule has 108 valence electrons. The van der Waals surface area contributed by atoms with Crippen LogP contribution in [0.2, 0.25) is 0 Å². The predicted molar refractivity (Wildman–Crippen MR) is 85.1 cm³/mol. The molecule has 0 spiro atoms. The van der Waals surface area contributed by atoms with E-state index in [0.29, 0.717) is 5.75 Å². The molecule has 1 heterocycles. The molecule has 2 aromatic rings. The van der Waals surface area contributed by atoms with Crippen molar-refractivity contribution < 1.29 is 5.11 Å². The number of hydrogen-bond donors (Lipinski definition) is 2. The molecule has 2 N–H and O–H groups in total. The zero-order valence-electron chi connectivity index (χ0n) is 12.2. The van der Waals surface area contributed by atoms with Crippen LogP contribution in [0.3, 0.4) is 0 Å². The van der Waals surface area contributed by atoms with E-state index in [2.05, 4.69) is 33.3 Å². The number of hydrogen-bond acceptors (Lipinski definition) is 3. The molecule has 2 rings (SSSR count). The highest BCUT2D eigenvalue weighted by Crippen LogP contribution is 2.33. The number of benzene rings is 1. The van der Waals surface area contributed by atoms with Gasteiger partial charge in [0.1, 0.15) is 5.75 Å². The third-order valence-electron chi connectivity index (χ3n) is 3.60. The molecule has 20 heavy (non-hydrogen) atoms. The van der Waals surface area contributed by atoms with Gasteiger partial charge in [-0.15, -0.1) is 0 Å². The molecule has 0 radical (unpaired) electrons. The summed E-state index contributed by atoms with van der Waals surface area (Å²) < 4.78 is 2.83. The van der Waals surface area contributed by atoms with E-state index < -0.39 is 0 Å². The Morgan fingerprint density at radius 1 is 1.40 bits per heavy atom. The molecule has 1 atom stereocenters. The number of halogens is 1. The van der Waals surface area contributed by atoms with Crippen molar-refractivity contribution in [1.82, 2.24) is 9.78 Å². The van der Waals surface area contributed by atoms with Gasteiger partial charge in [-0.1, -0.05) is 22.9 Å². The summed E-state index contributed by atoms with van der Waals surface area (Å²) in [7, 11) is 1.94. The minimum Gasteiger partial charge on any atom is -0.508 e. The van der Waals surface area contributed by atoms with Crippen molar-refractivity contribution in [3.8, 4) is 5.75 Å². The van der Waals surface area contributed by atoms with Crippen molar-refractivity contribution in [3.05, 3.63) is 39.6 Å². The standard InChI is InChI=1S/C15H20BrN3O/c1-5-13(12-8-11(16)6-7-14(12)20)17-15-9(2)18-19(4)10(15)3/h6-8,13,17,20H,5H2,1-4H3. The second-order valence-electron chi connectivity index (χ2n) is 4.98. The van der Waals surface area contributed by atoms with Crippen molar-refractivity contribution in [1.29, 1.82) is 0 Å². The predicted octanol–water partition coefficient (Wildman–Crippen LogP) is 4.07. The molecule has 0 saturated heterocycles. The Morgan fingerprint density at radius 2 is 2.10 bits per heavy atom. The molecule has 0 amide bonds. The molecule has 1 aromatic heterocycles. The van der Waals surface area contributed by atoms with Gasteiger partial charge in [0, 0.05) is 17.1 Å². The highest BCUT2D eigenvalue weighted by Gasteiger charge is 2.18. The number of anilines is 1. The number of nitrogens with one attached hydrogen (secondary N) is 1. The number of nitrogens with zero attached hydrogens (tertiary/aromatic N) is 2. The first-order chi connectivity index (χ1) is 9.43. The first kappa shape index (κ1) is 14.9. The summed E-state index contributed by atoms with van der Waals surface area (Å²) in [6.07, 6.45) is 0.873. The van der Waals surface area contributed by atoms with Gasteiger partial charge in [-0.3, -0.25) is 4.68 Å². The fourth-order valence-corrected chi connectivity index (χ4v) is 2.74. The molecule has 4 nitrogen and oxygen atoms in total. The number of phenols is 1. The number of aryl methyl sites for hydroxylation is 2. The molecule has 0 aliphatic carbocycles. The molecule has 0 fully saturated rings. The van der Waals surface area contributed by atoms with Crippen LogP contribution in [0.4, 0.5) is 5.69 Å². The maximum atomic E-state index is 10.1. The third-order valence-corrected chi connectivity index (χ3v) is 4.09. The zero-order valence-corrected chi connectivity index (χ0v) is 13.8. The fraction of sp³-hybridized carbons (Fsp3) is 0.400. The third kappa shape index (κ3) is 2.82. The summed E-state index contributed by atoms with van der Waals surface area (Å²) in [5, 5.41) is 18.0. The van der Waals surface area contributed by atoms with Gasteiger partial charge in [-0.05, 0) is 38.5 Å². The minimum absolute atomic E-state index is 0.0501. The molecular formula is C15H20BrN3O. The second-order valence-corrected chi connectivity index (χ2v) is 5.89. The maximum absolute atomic E-state index is 10.1. The van der Waals surface area contributed by atoms with Crippen LogP contribution in [0.5, 0.6) is 5.75 Å². The summed E-state index contributed by atoms with van der Waals surface area (Å²) >= 11 is 3.46. The Balaban J connectivity index is 2.36. The van der Waals surface area contributed by atoms with Crippen LogP contribution < -0.4 is 5.32 Å². The lowest BCUT2D eigenvalue weighted by Crippen LogP contribution is -2.11. The van der Waals surface area contributed by atoms with Gasteiger partial charge in [0.15, 0.2) is 0 Å². The second kappa shape index (κ2) is 5.87. The fourth-order valence-electron chi connectivity index (χ4n) is 2.36. The quantitative estimate of drug-likeness (QED) is 0.884. The summed E-state index contributed by atoms with van der Waals surface area (Å²) in [6.45, 7) is 6.12. The van der Waals surface area contributed by atoms with Crippen molar-refractivity contribution >= 4 is 21.6 Å². The Bertz CT molecular complexity index is 622. The van der Waals surface area contributed by atoms with Gasteiger partial charge >= 0.3 is 0 Å². The lowest BCUT2D eigenvalue weighted by Gasteiger charge is -2.20. The first-order valence-corrected chi connectivity index (χ1v) is 7.48. The topological polar surface area (TPSA) is 50.1 Å². The lowest BCUT2D eigenvalue weighted by atomic mass is 10.0. The van der Waals surface area contributed by atoms with Gasteiger partial charge in [0.2, 0.25) is 0 Å². The van der Waals surface area contributed by atoms with E-state index in [-0.39, 0.29) is 6.04 Å². The molecule has 0 bridgehead atoms. The summed E-state index contributed by atoms with van der Waals surface area (Å²) in [5.41, 5.74) is 4.00. The van der Waals surface area contributed by atoms with Crippen LogP contribution in [0.1, 0.15) is 36.3 Å². The van der Waals surface area contributed by atoms with E-state index in [9.17, 15) is 5.11 Å². The van der Waals surface area contributed by atoms with Crippen molar-refractivity contribution in [2.75, 3.05) is 5.32 Å². The van der Waals surface area contributed by atoms with Crippen molar-refractivity contribution in [2.24, 2.45) is 7.05 Å². The van der Waals surface area contributed by atoms with E-state index in [1.165, 1.54) is 0 Å². The van der Waals surface area contributed by atoms with Crippen LogP contribution in [-0.2, 0) is 7.05 Å². The smallest absolute Gasteiger partial charge is 0.120 e. The van der Waals surface area contributed by atoms with Gasteiger partial charge in [0.05, 0.1) is 23.1 Å². The van der Waals surface area contributed by atoms with E-state index >= 15 is 0 Å². The summed E-state index contributed by atoms with van der Waals surface area (Å²) in [5.74, 6) is 0.312. The Morgan fingerprint density at radius 3 is 2.65 bits per heavy atom. The normalized spacial score (nSPS) is 12.4. The number of aromatic hydroxyl groups is 1.